The molecule has 1 heterocycles. The van der Waals surface area contributed by atoms with Crippen molar-refractivity contribution in [2.24, 2.45) is 0 Å². The Balaban J connectivity index is 0.000000456. The molecular formula is C37H38SiZr. The molecule has 1 saturated heterocycles. The van der Waals surface area contributed by atoms with Crippen molar-refractivity contribution in [2.45, 2.75) is 57.0 Å². The van der Waals surface area contributed by atoms with Gasteiger partial charge in [0, 0.05) is 9.52 Å². The van der Waals surface area contributed by atoms with Crippen molar-refractivity contribution >= 4 is 32.4 Å². The van der Waals surface area contributed by atoms with E-state index in [0.717, 1.165) is 6.42 Å². The second-order valence-electron chi connectivity index (χ2n) is 10.5. The third-order valence-electron chi connectivity index (χ3n) is 8.24. The summed E-state index contributed by atoms with van der Waals surface area (Å²) in [5.74, 6) is 0.727. The maximum absolute atomic E-state index is 2.60. The van der Waals surface area contributed by atoms with Gasteiger partial charge in [-0.25, -0.2) is 0 Å². The molecule has 0 aromatic heterocycles. The first kappa shape index (κ1) is 29.7. The van der Waals surface area contributed by atoms with Gasteiger partial charge >= 0.3 is 26.2 Å². The van der Waals surface area contributed by atoms with Crippen LogP contribution in [0.4, 0.5) is 0 Å². The van der Waals surface area contributed by atoms with Crippen LogP contribution in [0.2, 0.25) is 12.1 Å². The maximum atomic E-state index is 2.60. The zero-order chi connectivity index (χ0) is 25.2. The Bertz CT molecular complexity index is 1470. The van der Waals surface area contributed by atoms with E-state index in [2.05, 4.69) is 117 Å². The molecule has 1 aliphatic heterocycles. The van der Waals surface area contributed by atoms with E-state index in [1.165, 1.54) is 89.7 Å². The molecule has 0 N–H and O–H groups in total. The molecule has 0 nitrogen and oxygen atoms in total. The summed E-state index contributed by atoms with van der Waals surface area (Å²) >= 11 is 0. The van der Waals surface area contributed by atoms with Crippen LogP contribution in [0.1, 0.15) is 67.2 Å². The van der Waals surface area contributed by atoms with E-state index >= 15 is 0 Å². The minimum atomic E-state index is 0. The maximum Gasteiger partial charge on any atom is 2.00 e. The van der Waals surface area contributed by atoms with E-state index in [1.54, 1.807) is 0 Å². The van der Waals surface area contributed by atoms with Gasteiger partial charge in [-0.1, -0.05) is 151 Å². The van der Waals surface area contributed by atoms with Crippen LogP contribution in [-0.2, 0) is 26.2 Å². The second-order valence-corrected chi connectivity index (χ2v) is 12.0. The van der Waals surface area contributed by atoms with Gasteiger partial charge in [0.2, 0.25) is 0 Å². The van der Waals surface area contributed by atoms with E-state index in [9.17, 15) is 0 Å². The van der Waals surface area contributed by atoms with Gasteiger partial charge in [0.1, 0.15) is 0 Å². The summed E-state index contributed by atoms with van der Waals surface area (Å²) in [5, 5.41) is 2.70. The van der Waals surface area contributed by atoms with Crippen LogP contribution in [-0.4, -0.2) is 9.52 Å². The van der Waals surface area contributed by atoms with Crippen molar-refractivity contribution in [2.75, 3.05) is 0 Å². The van der Waals surface area contributed by atoms with Gasteiger partial charge in [-0.15, -0.1) is 11.8 Å². The van der Waals surface area contributed by atoms with Gasteiger partial charge in [-0.05, 0) is 46.4 Å². The number of hydrogen-bond donors (Lipinski definition) is 0. The van der Waals surface area contributed by atoms with Crippen LogP contribution in [0.25, 0.3) is 34.1 Å². The summed E-state index contributed by atoms with van der Waals surface area (Å²) in [6.45, 7) is 4.58. The molecule has 0 bridgehead atoms. The molecular weight excluding hydrogens is 564 g/mol. The van der Waals surface area contributed by atoms with Crippen molar-refractivity contribution in [3.8, 4) is 11.1 Å². The molecule has 2 heteroatoms. The third kappa shape index (κ3) is 5.94. The molecule has 2 unspecified atom stereocenters. The number of rotatable bonds is 4. The van der Waals surface area contributed by atoms with Crippen molar-refractivity contribution < 1.29 is 26.2 Å². The molecule has 0 saturated carbocycles. The molecule has 0 spiro atoms. The van der Waals surface area contributed by atoms with Crippen LogP contribution in [0.5, 0.6) is 0 Å². The normalized spacial score (nSPS) is 18.6. The number of hydrogen-bond acceptors (Lipinski definition) is 0. The van der Waals surface area contributed by atoms with E-state index in [4.69, 9.17) is 0 Å². The molecule has 2 radical (unpaired) electrons. The monoisotopic (exact) mass is 600 g/mol. The largest absolute Gasteiger partial charge is 2.00 e. The smallest absolute Gasteiger partial charge is 0.358 e. The Morgan fingerprint density at radius 2 is 1.46 bits per heavy atom. The van der Waals surface area contributed by atoms with Gasteiger partial charge in [-0.2, -0.15) is 0 Å². The fourth-order valence-electron chi connectivity index (χ4n) is 6.29. The Labute approximate surface area is 257 Å². The SMILES string of the molecule is C1CC[Si]C1.CCC1=Cc2c(ccc3ccccc23)C1[CH-]C1C(C)=Cc2c(-c3ccccc3)cccc21.[CH3-].[Zr+2]. The number of fused-ring (bicyclic) bond motifs is 4. The number of allylic oxidation sites excluding steroid dienone is 2. The second kappa shape index (κ2) is 13.4. The van der Waals surface area contributed by atoms with Gasteiger partial charge in [-0.3, -0.25) is 0 Å². The molecule has 0 amide bonds. The summed E-state index contributed by atoms with van der Waals surface area (Å²) in [4.78, 5) is 0. The average Bonchev–Trinajstić information content (AvgIpc) is 3.70. The van der Waals surface area contributed by atoms with Crippen molar-refractivity contribution in [3.05, 3.63) is 132 Å². The molecule has 4 aromatic rings. The summed E-state index contributed by atoms with van der Waals surface area (Å²) in [6, 6.07) is 34.0. The standard InChI is InChI=1S/C32H27.C4H8Si.CH3.Zr/c1-3-22-19-32-25-13-8-7-12-24(25)16-17-28(32)30(22)20-29-21(2)18-31-26(14-9-15-27(29)31)23-10-5-4-6-11-23;1-2-4-5-3-1;;/h4-20,29-30H,3H2,1-2H3;1-4H2;1H3;/q-1;;-1;+2. The minimum absolute atomic E-state index is 0. The van der Waals surface area contributed by atoms with Gasteiger partial charge < -0.3 is 13.8 Å². The van der Waals surface area contributed by atoms with Crippen LogP contribution < -0.4 is 0 Å². The van der Waals surface area contributed by atoms with Crippen LogP contribution in [0.3, 0.4) is 0 Å². The van der Waals surface area contributed by atoms with Gasteiger partial charge in [0.15, 0.2) is 0 Å². The van der Waals surface area contributed by atoms with Crippen LogP contribution in [0, 0.1) is 13.8 Å². The Morgan fingerprint density at radius 1 is 0.744 bits per heavy atom. The molecule has 7 rings (SSSR count). The van der Waals surface area contributed by atoms with E-state index in [1.807, 2.05) is 0 Å². The fourth-order valence-corrected chi connectivity index (χ4v) is 7.54. The summed E-state index contributed by atoms with van der Waals surface area (Å²) in [5.41, 5.74) is 11.3. The van der Waals surface area contributed by atoms with Crippen LogP contribution in [0.15, 0.2) is 96.1 Å². The molecule has 2 atom stereocenters. The first-order valence-corrected chi connectivity index (χ1v) is 15.3. The quantitative estimate of drug-likeness (QED) is 0.161. The fraction of sp³-hybridized carbons (Fsp3) is 0.243. The summed E-state index contributed by atoms with van der Waals surface area (Å²) < 4.78 is 0. The van der Waals surface area contributed by atoms with E-state index < -0.39 is 0 Å². The molecule has 4 aromatic carbocycles. The minimum Gasteiger partial charge on any atom is -0.358 e. The van der Waals surface area contributed by atoms with Crippen LogP contribution >= 0.6 is 0 Å². The molecule has 2 aliphatic carbocycles. The molecule has 3 aliphatic rings. The first-order valence-electron chi connectivity index (χ1n) is 13.9. The Kier molecular flexibility index (Phi) is 10.2. The van der Waals surface area contributed by atoms with Gasteiger partial charge in [0.25, 0.3) is 0 Å². The average molecular weight is 602 g/mol. The van der Waals surface area contributed by atoms with E-state index in [0.29, 0.717) is 11.8 Å². The molecule has 1 fully saturated rings. The summed E-state index contributed by atoms with van der Waals surface area (Å²) in [7, 11) is 1.31. The van der Waals surface area contributed by atoms with E-state index in [-0.39, 0.29) is 33.6 Å². The van der Waals surface area contributed by atoms with Gasteiger partial charge in [0.05, 0.1) is 0 Å². The predicted molar refractivity (Wildman–Crippen MR) is 169 cm³/mol. The predicted octanol–water partition coefficient (Wildman–Crippen LogP) is 10.6. The Hall–Kier alpha value is -2.28. The summed E-state index contributed by atoms with van der Waals surface area (Å²) in [6.07, 6.45) is 11.6. The molecule has 39 heavy (non-hydrogen) atoms. The zero-order valence-electron chi connectivity index (χ0n) is 23.5. The topological polar surface area (TPSA) is 0 Å². The zero-order valence-corrected chi connectivity index (χ0v) is 27.0. The first-order chi connectivity index (χ1) is 18.2. The third-order valence-corrected chi connectivity index (χ3v) is 9.66. The Morgan fingerprint density at radius 3 is 2.18 bits per heavy atom. The van der Waals surface area contributed by atoms with Crippen molar-refractivity contribution in [1.29, 1.82) is 0 Å². The van der Waals surface area contributed by atoms with Crippen molar-refractivity contribution in [3.63, 3.8) is 0 Å². The molecule has 194 valence electrons. The van der Waals surface area contributed by atoms with Crippen molar-refractivity contribution in [1.82, 2.24) is 0 Å². The number of benzene rings is 4.